The van der Waals surface area contributed by atoms with Gasteiger partial charge in [0.25, 0.3) is 0 Å². The number of hydrogen-bond donors (Lipinski definition) is 3. The molecule has 31 heavy (non-hydrogen) atoms. The Hall–Kier alpha value is -3.91. The minimum absolute atomic E-state index is 0.373. The number of urea groups is 1. The van der Waals surface area contributed by atoms with Crippen LogP contribution in [0.1, 0.15) is 11.4 Å². The Morgan fingerprint density at radius 2 is 1.74 bits per heavy atom. The lowest BCUT2D eigenvalue weighted by atomic mass is 10.2. The van der Waals surface area contributed by atoms with Crippen LogP contribution in [-0.2, 0) is 0 Å². The van der Waals surface area contributed by atoms with E-state index in [1.807, 2.05) is 50.4 Å². The zero-order valence-electron chi connectivity index (χ0n) is 16.9. The Bertz CT molecular complexity index is 1210. The Balaban J connectivity index is 1.41. The van der Waals surface area contributed by atoms with Gasteiger partial charge < -0.3 is 16.0 Å². The summed E-state index contributed by atoms with van der Waals surface area (Å²) < 4.78 is 1.67. The van der Waals surface area contributed by atoms with Crippen molar-refractivity contribution in [3.05, 3.63) is 83.4 Å². The van der Waals surface area contributed by atoms with Crippen molar-refractivity contribution >= 4 is 40.5 Å². The van der Waals surface area contributed by atoms with Gasteiger partial charge in [-0.2, -0.15) is 5.10 Å². The number of aromatic nitrogens is 4. The van der Waals surface area contributed by atoms with Crippen LogP contribution in [0.5, 0.6) is 0 Å². The highest BCUT2D eigenvalue weighted by Crippen LogP contribution is 2.23. The van der Waals surface area contributed by atoms with E-state index >= 15 is 0 Å². The molecule has 0 atom stereocenters. The molecule has 0 aliphatic rings. The lowest BCUT2D eigenvalue weighted by molar-refractivity contribution is 0.262. The fraction of sp³-hybridized carbons (Fsp3) is 0.0909. The van der Waals surface area contributed by atoms with E-state index in [4.69, 9.17) is 11.6 Å². The van der Waals surface area contributed by atoms with E-state index in [-0.39, 0.29) is 6.03 Å². The molecule has 4 aromatic rings. The summed E-state index contributed by atoms with van der Waals surface area (Å²) in [6.07, 6.45) is 3.51. The monoisotopic (exact) mass is 433 g/mol. The molecule has 0 spiro atoms. The summed E-state index contributed by atoms with van der Waals surface area (Å²) in [5.74, 6) is 1.94. The fourth-order valence-corrected chi connectivity index (χ4v) is 3.21. The second-order valence-corrected chi connectivity index (χ2v) is 7.28. The molecule has 156 valence electrons. The number of carbonyl (C=O) groups excluding carboxylic acids is 1. The molecule has 2 heterocycles. The first-order valence-corrected chi connectivity index (χ1v) is 9.91. The molecule has 0 radical (unpaired) electrons. The molecule has 0 saturated carbocycles. The Morgan fingerprint density at radius 1 is 0.968 bits per heavy atom. The van der Waals surface area contributed by atoms with Crippen LogP contribution in [0.3, 0.4) is 0 Å². The van der Waals surface area contributed by atoms with E-state index in [1.54, 1.807) is 35.1 Å². The maximum Gasteiger partial charge on any atom is 0.323 e. The summed E-state index contributed by atoms with van der Waals surface area (Å²) >= 11 is 6.16. The average molecular weight is 434 g/mol. The van der Waals surface area contributed by atoms with Gasteiger partial charge in [-0.15, -0.1) is 0 Å². The number of halogens is 1. The second-order valence-electron chi connectivity index (χ2n) is 6.87. The number of aryl methyl sites for hydroxylation is 2. The number of nitrogens with one attached hydrogen (secondary N) is 3. The molecule has 8 nitrogen and oxygen atoms in total. The van der Waals surface area contributed by atoms with Crippen molar-refractivity contribution in [2.75, 3.05) is 16.0 Å². The standard InChI is InChI=1S/C22H20ClN7O/c1-14-4-9-19(18(23)12-14)29-22(31)28-17-7-5-16(6-8-17)27-20-13-21(26-15(2)25-20)30-11-3-10-24-30/h3-13H,1-2H3,(H,25,26,27)(H2,28,29,31). The van der Waals surface area contributed by atoms with E-state index in [2.05, 4.69) is 31.0 Å². The number of amides is 2. The zero-order valence-corrected chi connectivity index (χ0v) is 17.7. The highest BCUT2D eigenvalue weighted by atomic mass is 35.5. The Labute approximate surface area is 184 Å². The minimum atomic E-state index is -0.373. The van der Waals surface area contributed by atoms with E-state index < -0.39 is 0 Å². The normalized spacial score (nSPS) is 10.5. The Kier molecular flexibility index (Phi) is 5.81. The molecule has 9 heteroatoms. The highest BCUT2D eigenvalue weighted by molar-refractivity contribution is 6.33. The summed E-state index contributed by atoms with van der Waals surface area (Å²) in [6, 6.07) is 16.0. The van der Waals surface area contributed by atoms with E-state index in [0.717, 1.165) is 11.3 Å². The van der Waals surface area contributed by atoms with Crippen molar-refractivity contribution in [3.63, 3.8) is 0 Å². The zero-order chi connectivity index (χ0) is 21.8. The number of hydrogen-bond acceptors (Lipinski definition) is 5. The second kappa shape index (κ2) is 8.85. The highest BCUT2D eigenvalue weighted by Gasteiger charge is 2.08. The minimum Gasteiger partial charge on any atom is -0.340 e. The number of nitrogens with zero attached hydrogens (tertiary/aromatic N) is 4. The summed E-state index contributed by atoms with van der Waals surface area (Å²) in [5, 5.41) is 13.5. The fourth-order valence-electron chi connectivity index (χ4n) is 2.93. The third kappa shape index (κ3) is 5.18. The molecule has 2 aromatic heterocycles. The first-order valence-electron chi connectivity index (χ1n) is 9.53. The van der Waals surface area contributed by atoms with Gasteiger partial charge in [0.15, 0.2) is 5.82 Å². The van der Waals surface area contributed by atoms with Crippen LogP contribution < -0.4 is 16.0 Å². The smallest absolute Gasteiger partial charge is 0.323 e. The van der Waals surface area contributed by atoms with Crippen molar-refractivity contribution < 1.29 is 4.79 Å². The molecule has 2 aromatic carbocycles. The molecule has 0 aliphatic heterocycles. The van der Waals surface area contributed by atoms with Gasteiger partial charge in [-0.25, -0.2) is 19.4 Å². The Morgan fingerprint density at radius 3 is 2.45 bits per heavy atom. The van der Waals surface area contributed by atoms with Gasteiger partial charge in [0, 0.05) is 29.8 Å². The van der Waals surface area contributed by atoms with Crippen LogP contribution in [0, 0.1) is 13.8 Å². The van der Waals surface area contributed by atoms with Crippen LogP contribution in [0.15, 0.2) is 67.0 Å². The largest absolute Gasteiger partial charge is 0.340 e. The molecule has 0 fully saturated rings. The van der Waals surface area contributed by atoms with Crippen molar-refractivity contribution in [2.24, 2.45) is 0 Å². The molecule has 3 N–H and O–H groups in total. The third-order valence-electron chi connectivity index (χ3n) is 4.35. The number of carbonyl (C=O) groups is 1. The van der Waals surface area contributed by atoms with Gasteiger partial charge in [-0.05, 0) is 61.9 Å². The molecule has 0 unspecified atom stereocenters. The van der Waals surface area contributed by atoms with Gasteiger partial charge in [0.1, 0.15) is 11.6 Å². The van der Waals surface area contributed by atoms with Gasteiger partial charge in [-0.1, -0.05) is 17.7 Å². The van der Waals surface area contributed by atoms with Gasteiger partial charge >= 0.3 is 6.03 Å². The van der Waals surface area contributed by atoms with Crippen LogP contribution in [0.25, 0.3) is 5.82 Å². The SMILES string of the molecule is Cc1ccc(NC(=O)Nc2ccc(Nc3cc(-n4cccn4)nc(C)n3)cc2)c(Cl)c1. The lowest BCUT2D eigenvalue weighted by Gasteiger charge is -2.11. The maximum absolute atomic E-state index is 12.3. The molecule has 0 aliphatic carbocycles. The summed E-state index contributed by atoms with van der Waals surface area (Å²) in [6.45, 7) is 3.76. The van der Waals surface area contributed by atoms with Crippen molar-refractivity contribution in [3.8, 4) is 5.82 Å². The first kappa shape index (κ1) is 20.4. The van der Waals surface area contributed by atoms with Crippen molar-refractivity contribution in [1.29, 1.82) is 0 Å². The number of anilines is 4. The predicted octanol–water partition coefficient (Wildman–Crippen LogP) is 5.32. The summed E-state index contributed by atoms with van der Waals surface area (Å²) in [7, 11) is 0. The molecular weight excluding hydrogens is 414 g/mol. The van der Waals surface area contributed by atoms with Gasteiger partial charge in [0.2, 0.25) is 0 Å². The predicted molar refractivity (Wildman–Crippen MR) is 122 cm³/mol. The first-order chi connectivity index (χ1) is 15.0. The van der Waals surface area contributed by atoms with E-state index in [1.165, 1.54) is 0 Å². The third-order valence-corrected chi connectivity index (χ3v) is 4.66. The van der Waals surface area contributed by atoms with Crippen molar-refractivity contribution in [2.45, 2.75) is 13.8 Å². The van der Waals surface area contributed by atoms with Crippen LogP contribution >= 0.6 is 11.6 Å². The topological polar surface area (TPSA) is 96.8 Å². The van der Waals surface area contributed by atoms with E-state index in [0.29, 0.717) is 33.9 Å². The van der Waals surface area contributed by atoms with Crippen LogP contribution in [0.4, 0.5) is 27.7 Å². The molecule has 4 rings (SSSR count). The van der Waals surface area contributed by atoms with Gasteiger partial charge in [-0.3, -0.25) is 0 Å². The van der Waals surface area contributed by atoms with Crippen LogP contribution in [-0.4, -0.2) is 25.8 Å². The van der Waals surface area contributed by atoms with Crippen LogP contribution in [0.2, 0.25) is 5.02 Å². The van der Waals surface area contributed by atoms with Gasteiger partial charge in [0.05, 0.1) is 10.7 Å². The summed E-state index contributed by atoms with van der Waals surface area (Å²) in [5.41, 5.74) is 3.03. The van der Waals surface area contributed by atoms with E-state index in [9.17, 15) is 4.79 Å². The molecular formula is C22H20ClN7O. The number of benzene rings is 2. The number of rotatable bonds is 5. The molecule has 0 saturated heterocycles. The maximum atomic E-state index is 12.3. The summed E-state index contributed by atoms with van der Waals surface area (Å²) in [4.78, 5) is 21.1. The molecule has 2 amide bonds. The molecule has 0 bridgehead atoms. The average Bonchev–Trinajstić information content (AvgIpc) is 3.26. The lowest BCUT2D eigenvalue weighted by Crippen LogP contribution is -2.19. The quantitative estimate of drug-likeness (QED) is 0.395. The van der Waals surface area contributed by atoms with Crippen molar-refractivity contribution in [1.82, 2.24) is 19.7 Å².